The smallest absolute Gasteiger partial charge is 0.138 e. The monoisotopic (exact) mass is 280 g/mol. The van der Waals surface area contributed by atoms with Gasteiger partial charge in [0.05, 0.1) is 17.5 Å². The fourth-order valence-electron chi connectivity index (χ4n) is 2.29. The average molecular weight is 280 g/mol. The van der Waals surface area contributed by atoms with Crippen LogP contribution in [0.1, 0.15) is 45.1 Å². The largest absolute Gasteiger partial charge is 0.373 e. The normalized spacial score (nSPS) is 23.2. The Kier molecular flexibility index (Phi) is 4.85. The predicted molar refractivity (Wildman–Crippen MR) is 80.3 cm³/mol. The van der Waals surface area contributed by atoms with E-state index in [0.717, 1.165) is 23.2 Å². The number of aromatic nitrogens is 2. The van der Waals surface area contributed by atoms with Gasteiger partial charge in [0.15, 0.2) is 0 Å². The Morgan fingerprint density at radius 1 is 1.37 bits per heavy atom. The van der Waals surface area contributed by atoms with Gasteiger partial charge in [-0.2, -0.15) is 11.8 Å². The molecule has 2 rings (SSSR count). The second kappa shape index (κ2) is 6.23. The van der Waals surface area contributed by atoms with E-state index < -0.39 is 0 Å². The molecule has 1 aromatic rings. The molecule has 1 fully saturated rings. The fraction of sp³-hybridized carbons (Fsp3) is 0.733. The minimum atomic E-state index is -0.00180. The van der Waals surface area contributed by atoms with Crippen LogP contribution < -0.4 is 0 Å². The van der Waals surface area contributed by atoms with Crippen molar-refractivity contribution in [3.8, 4) is 0 Å². The molecule has 1 aliphatic rings. The quantitative estimate of drug-likeness (QED) is 0.825. The van der Waals surface area contributed by atoms with E-state index in [1.165, 1.54) is 18.6 Å². The maximum atomic E-state index is 5.95. The number of rotatable bonds is 5. The lowest BCUT2D eigenvalue weighted by molar-refractivity contribution is -0.108. The van der Waals surface area contributed by atoms with Crippen LogP contribution in [0.4, 0.5) is 0 Å². The summed E-state index contributed by atoms with van der Waals surface area (Å²) in [6, 6.07) is 1.94. The van der Waals surface area contributed by atoms with E-state index in [1.54, 1.807) is 0 Å². The standard InChI is InChI=1S/C15H24N2OS/c1-11-5-6-16-14(17-11)10-19-9-12-7-13(8-12)18-15(2,3)4/h5-6,12-13H,7-10H2,1-4H3. The van der Waals surface area contributed by atoms with Crippen LogP contribution in [0, 0.1) is 12.8 Å². The van der Waals surface area contributed by atoms with E-state index in [4.69, 9.17) is 4.74 Å². The highest BCUT2D eigenvalue weighted by Gasteiger charge is 2.32. The van der Waals surface area contributed by atoms with Crippen LogP contribution in [0.2, 0.25) is 0 Å². The zero-order valence-electron chi connectivity index (χ0n) is 12.3. The van der Waals surface area contributed by atoms with Crippen LogP contribution >= 0.6 is 11.8 Å². The van der Waals surface area contributed by atoms with E-state index >= 15 is 0 Å². The first-order chi connectivity index (χ1) is 8.92. The highest BCUT2D eigenvalue weighted by atomic mass is 32.2. The molecule has 1 aromatic heterocycles. The van der Waals surface area contributed by atoms with Gasteiger partial charge in [-0.1, -0.05) is 0 Å². The van der Waals surface area contributed by atoms with Gasteiger partial charge in [-0.25, -0.2) is 9.97 Å². The van der Waals surface area contributed by atoms with Gasteiger partial charge < -0.3 is 4.74 Å². The molecule has 106 valence electrons. The summed E-state index contributed by atoms with van der Waals surface area (Å²) in [6.07, 6.45) is 4.73. The summed E-state index contributed by atoms with van der Waals surface area (Å²) in [5.41, 5.74) is 1.05. The van der Waals surface area contributed by atoms with E-state index in [9.17, 15) is 0 Å². The van der Waals surface area contributed by atoms with Crippen molar-refractivity contribution >= 4 is 11.8 Å². The van der Waals surface area contributed by atoms with Gasteiger partial charge in [-0.3, -0.25) is 0 Å². The number of nitrogens with zero attached hydrogens (tertiary/aromatic N) is 2. The van der Waals surface area contributed by atoms with E-state index in [0.29, 0.717) is 6.10 Å². The second-order valence-corrected chi connectivity index (χ2v) is 7.35. The van der Waals surface area contributed by atoms with E-state index in [2.05, 4.69) is 30.7 Å². The summed E-state index contributed by atoms with van der Waals surface area (Å²) in [4.78, 5) is 8.71. The lowest BCUT2D eigenvalue weighted by atomic mass is 9.83. The van der Waals surface area contributed by atoms with Crippen molar-refractivity contribution in [3.05, 3.63) is 23.8 Å². The number of thioether (sulfide) groups is 1. The molecule has 1 heterocycles. The van der Waals surface area contributed by atoms with Crippen molar-refractivity contribution in [2.24, 2.45) is 5.92 Å². The topological polar surface area (TPSA) is 35.0 Å². The Balaban J connectivity index is 1.61. The van der Waals surface area contributed by atoms with Crippen LogP contribution in [-0.2, 0) is 10.5 Å². The second-order valence-electron chi connectivity index (χ2n) is 6.32. The molecule has 1 aliphatic carbocycles. The van der Waals surface area contributed by atoms with Crippen molar-refractivity contribution in [1.82, 2.24) is 9.97 Å². The van der Waals surface area contributed by atoms with Crippen molar-refractivity contribution in [2.75, 3.05) is 5.75 Å². The summed E-state index contributed by atoms with van der Waals surface area (Å²) in [5.74, 6) is 3.87. The predicted octanol–water partition coefficient (Wildman–Crippen LogP) is 3.61. The number of hydrogen-bond acceptors (Lipinski definition) is 4. The van der Waals surface area contributed by atoms with Gasteiger partial charge in [0.25, 0.3) is 0 Å². The Hall–Kier alpha value is -0.610. The van der Waals surface area contributed by atoms with Gasteiger partial charge in [0, 0.05) is 11.9 Å². The SMILES string of the molecule is Cc1ccnc(CSCC2CC(OC(C)(C)C)C2)n1. The van der Waals surface area contributed by atoms with Crippen LogP contribution in [-0.4, -0.2) is 27.4 Å². The average Bonchev–Trinajstić information content (AvgIpc) is 2.24. The van der Waals surface area contributed by atoms with E-state index in [1.807, 2.05) is 30.9 Å². The summed E-state index contributed by atoms with van der Waals surface area (Å²) in [5, 5.41) is 0. The maximum Gasteiger partial charge on any atom is 0.138 e. The Labute approximate surface area is 120 Å². The van der Waals surface area contributed by atoms with Crippen LogP contribution in [0.5, 0.6) is 0 Å². The van der Waals surface area contributed by atoms with Gasteiger partial charge in [0.2, 0.25) is 0 Å². The molecule has 0 radical (unpaired) electrons. The first-order valence-corrected chi connectivity index (χ1v) is 8.12. The number of ether oxygens (including phenoxy) is 1. The van der Waals surface area contributed by atoms with Crippen molar-refractivity contribution in [1.29, 1.82) is 0 Å². The summed E-state index contributed by atoms with van der Waals surface area (Å²) in [7, 11) is 0. The van der Waals surface area contributed by atoms with Gasteiger partial charge in [-0.05, 0) is 58.3 Å². The summed E-state index contributed by atoms with van der Waals surface area (Å²) < 4.78 is 5.95. The third-order valence-electron chi connectivity index (χ3n) is 3.14. The highest BCUT2D eigenvalue weighted by Crippen LogP contribution is 2.35. The molecule has 0 atom stereocenters. The van der Waals surface area contributed by atoms with E-state index in [-0.39, 0.29) is 5.60 Å². The van der Waals surface area contributed by atoms with Gasteiger partial charge >= 0.3 is 0 Å². The molecule has 0 saturated heterocycles. The number of aryl methyl sites for hydroxylation is 1. The molecular formula is C15H24N2OS. The maximum absolute atomic E-state index is 5.95. The molecule has 0 N–H and O–H groups in total. The summed E-state index contributed by atoms with van der Waals surface area (Å²) in [6.45, 7) is 8.40. The minimum absolute atomic E-state index is 0.00180. The third-order valence-corrected chi connectivity index (χ3v) is 4.31. The van der Waals surface area contributed by atoms with Gasteiger partial charge in [0.1, 0.15) is 5.82 Å². The van der Waals surface area contributed by atoms with Crippen molar-refractivity contribution < 1.29 is 4.74 Å². The van der Waals surface area contributed by atoms with Crippen LogP contribution in [0.3, 0.4) is 0 Å². The third kappa shape index (κ3) is 5.11. The molecule has 19 heavy (non-hydrogen) atoms. The molecule has 0 unspecified atom stereocenters. The van der Waals surface area contributed by atoms with Gasteiger partial charge in [-0.15, -0.1) is 0 Å². The minimum Gasteiger partial charge on any atom is -0.373 e. The lowest BCUT2D eigenvalue weighted by Gasteiger charge is -2.39. The zero-order chi connectivity index (χ0) is 13.9. The first-order valence-electron chi connectivity index (χ1n) is 6.96. The molecular weight excluding hydrogens is 256 g/mol. The molecule has 0 bridgehead atoms. The lowest BCUT2D eigenvalue weighted by Crippen LogP contribution is -2.38. The highest BCUT2D eigenvalue weighted by molar-refractivity contribution is 7.98. The first kappa shape index (κ1) is 14.8. The Morgan fingerprint density at radius 3 is 2.74 bits per heavy atom. The Morgan fingerprint density at radius 2 is 2.11 bits per heavy atom. The summed E-state index contributed by atoms with van der Waals surface area (Å²) >= 11 is 1.94. The fourth-order valence-corrected chi connectivity index (χ4v) is 3.34. The molecule has 0 aromatic carbocycles. The Bertz CT molecular complexity index is 411. The van der Waals surface area contributed by atoms with Crippen molar-refractivity contribution in [2.45, 2.75) is 58.0 Å². The van der Waals surface area contributed by atoms with Crippen LogP contribution in [0.25, 0.3) is 0 Å². The zero-order valence-corrected chi connectivity index (χ0v) is 13.2. The molecule has 4 heteroatoms. The number of hydrogen-bond donors (Lipinski definition) is 0. The molecule has 1 saturated carbocycles. The molecule has 0 aliphatic heterocycles. The van der Waals surface area contributed by atoms with Crippen LogP contribution in [0.15, 0.2) is 12.3 Å². The molecule has 0 spiro atoms. The molecule has 3 nitrogen and oxygen atoms in total. The van der Waals surface area contributed by atoms with Crippen molar-refractivity contribution in [3.63, 3.8) is 0 Å². The molecule has 0 amide bonds.